The highest BCUT2D eigenvalue weighted by Crippen LogP contribution is 2.45. The van der Waals surface area contributed by atoms with E-state index in [2.05, 4.69) is 57.2 Å². The van der Waals surface area contributed by atoms with Gasteiger partial charge in [-0.05, 0) is 297 Å². The minimum Gasteiger partial charge on any atom is -0.490 e. The maximum Gasteiger partial charge on any atom is 0.203 e. The van der Waals surface area contributed by atoms with E-state index in [0.717, 1.165) is 93.9 Å². The molecule has 0 atom stereocenters. The minimum atomic E-state index is -0.993. The minimum absolute atomic E-state index is 0.00345. The number of hydrogen-bond acceptors (Lipinski definition) is 9. The molecule has 3 fully saturated rings. The van der Waals surface area contributed by atoms with E-state index in [-0.39, 0.29) is 78.4 Å². The Morgan fingerprint density at radius 1 is 0.308 bits per heavy atom. The summed E-state index contributed by atoms with van der Waals surface area (Å²) >= 11 is 0. The lowest BCUT2D eigenvalue weighted by Gasteiger charge is -2.29. The summed E-state index contributed by atoms with van der Waals surface area (Å²) in [6, 6.07) is 37.2. The van der Waals surface area contributed by atoms with Crippen molar-refractivity contribution in [3.8, 4) is 67.9 Å². The van der Waals surface area contributed by atoms with E-state index in [4.69, 9.17) is 33.2 Å². The van der Waals surface area contributed by atoms with Crippen LogP contribution in [0.5, 0.6) is 34.5 Å². The van der Waals surface area contributed by atoms with Gasteiger partial charge in [0.15, 0.2) is 46.2 Å². The van der Waals surface area contributed by atoms with Crippen molar-refractivity contribution in [1.82, 2.24) is 0 Å². The standard InChI is InChI=1S/C105H140F6O9/c1-5-8-20-31-77-35-41-81(42-36-77)84-47-53-87(54-48-84)91-59-62-94(102(109)99(91)106)115-66-25-14-16-28-69-118-97-73-80(75-114-65-24-13-11-12-23-34-90(113)72-76(4)112)74-98(119-70-29-17-15-26-67-116-95-63-60-92(100(107)103(95)110)88-55-49-85(50-56-88)82-43-37-78(38-44-82)32-21-9-6-2)105(97)120-71-30-19-18-27-68-117-96-64-61-93(101(108)104(96)111)89-57-51-86(52-58-89)83-45-39-79(40-46-83)33-22-10-7-3/h47-64,73-74,77-79,81-83H,5-46,65-72,75H2,1-4H3. The summed E-state index contributed by atoms with van der Waals surface area (Å²) in [4.78, 5) is 23.5. The molecular weight excluding hydrogens is 1520 g/mol. The van der Waals surface area contributed by atoms with Gasteiger partial charge in [-0.2, -0.15) is 13.2 Å². The molecule has 3 aliphatic carbocycles. The first-order valence-corrected chi connectivity index (χ1v) is 47.0. The van der Waals surface area contributed by atoms with E-state index < -0.39 is 34.9 Å². The molecule has 9 nitrogen and oxygen atoms in total. The van der Waals surface area contributed by atoms with E-state index in [0.29, 0.717) is 123 Å². The van der Waals surface area contributed by atoms with Gasteiger partial charge >= 0.3 is 0 Å². The topological polar surface area (TPSA) is 98.8 Å². The number of ether oxygens (including phenoxy) is 7. The molecule has 7 aromatic carbocycles. The maximum atomic E-state index is 15.8. The molecule has 0 radical (unpaired) electrons. The lowest BCUT2D eigenvalue weighted by atomic mass is 9.77. The van der Waals surface area contributed by atoms with Crippen LogP contribution in [0.15, 0.2) is 121 Å². The Bertz CT molecular complexity index is 3960. The molecule has 0 heterocycles. The zero-order valence-electron chi connectivity index (χ0n) is 73.0. The van der Waals surface area contributed by atoms with Crippen LogP contribution >= 0.6 is 0 Å². The maximum absolute atomic E-state index is 15.8. The van der Waals surface area contributed by atoms with Gasteiger partial charge in [0.05, 0.1) is 52.7 Å². The molecule has 15 heteroatoms. The molecule has 0 unspecified atom stereocenters. The first-order chi connectivity index (χ1) is 58.7. The van der Waals surface area contributed by atoms with Crippen molar-refractivity contribution in [1.29, 1.82) is 0 Å². The Morgan fingerprint density at radius 2 is 0.600 bits per heavy atom. The van der Waals surface area contributed by atoms with Gasteiger partial charge in [0.25, 0.3) is 0 Å². The predicted molar refractivity (Wildman–Crippen MR) is 474 cm³/mol. The number of Topliss-reactive ketones (excluding diaryl/α,β-unsaturated/α-hetero) is 2. The fourth-order valence-corrected chi connectivity index (χ4v) is 18.2. The summed E-state index contributed by atoms with van der Waals surface area (Å²) < 4.78 is 138. The molecule has 10 rings (SSSR count). The summed E-state index contributed by atoms with van der Waals surface area (Å²) in [7, 11) is 0. The lowest BCUT2D eigenvalue weighted by molar-refractivity contribution is -0.125. The molecule has 120 heavy (non-hydrogen) atoms. The van der Waals surface area contributed by atoms with Gasteiger partial charge in [-0.25, -0.2) is 13.2 Å². The van der Waals surface area contributed by atoms with Crippen LogP contribution in [-0.4, -0.2) is 57.8 Å². The van der Waals surface area contributed by atoms with E-state index in [1.165, 1.54) is 196 Å². The van der Waals surface area contributed by atoms with Crippen LogP contribution in [-0.2, 0) is 20.9 Å². The van der Waals surface area contributed by atoms with Crippen LogP contribution in [0.4, 0.5) is 26.3 Å². The van der Waals surface area contributed by atoms with Gasteiger partial charge in [0.1, 0.15) is 11.6 Å². The van der Waals surface area contributed by atoms with Crippen LogP contribution in [0.1, 0.15) is 344 Å². The number of hydrogen-bond donors (Lipinski definition) is 0. The highest BCUT2D eigenvalue weighted by molar-refractivity contribution is 5.97. The molecule has 656 valence electrons. The predicted octanol–water partition coefficient (Wildman–Crippen LogP) is 30.5. The average molecular weight is 1660 g/mol. The van der Waals surface area contributed by atoms with Crippen molar-refractivity contribution in [3.63, 3.8) is 0 Å². The number of rotatable bonds is 57. The summed E-state index contributed by atoms with van der Waals surface area (Å²) in [6.45, 7) is 10.7. The Balaban J connectivity index is 0.722. The zero-order chi connectivity index (χ0) is 84.5. The molecule has 0 N–H and O–H groups in total. The van der Waals surface area contributed by atoms with Crippen molar-refractivity contribution < 1.29 is 69.1 Å². The molecule has 0 amide bonds. The van der Waals surface area contributed by atoms with Gasteiger partial charge in [0.2, 0.25) is 23.2 Å². The second kappa shape index (κ2) is 52.6. The highest BCUT2D eigenvalue weighted by atomic mass is 19.2. The SMILES string of the molecule is CCCCCC1CCC(c2ccc(-c3ccc(OCCCCCCOc4cc(COCCCCCCCC(=O)CC(C)=O)cc(OCCCCCCOc5ccc(-c6ccc(C7CCC(CCCCC)CC7)cc6)c(F)c5F)c4OCCCCCCOc4ccc(-c5ccc(C6CCC(CCCCC)CC6)cc5)c(F)c4F)c(F)c3F)cc2)CC1. The highest BCUT2D eigenvalue weighted by Gasteiger charge is 2.28. The van der Waals surface area contributed by atoms with Crippen LogP contribution in [0.3, 0.4) is 0 Å². The summed E-state index contributed by atoms with van der Waals surface area (Å²) in [6.07, 6.45) is 43.3. The molecule has 0 spiro atoms. The van der Waals surface area contributed by atoms with E-state index in [9.17, 15) is 9.59 Å². The molecule has 7 aromatic rings. The molecule has 0 bridgehead atoms. The van der Waals surface area contributed by atoms with Crippen molar-refractivity contribution in [2.24, 2.45) is 17.8 Å². The number of carbonyl (C=O) groups excluding carboxylic acids is 2. The molecule has 3 aliphatic rings. The second-order valence-electron chi connectivity index (χ2n) is 35.0. The Morgan fingerprint density at radius 3 is 0.917 bits per heavy atom. The normalized spacial score (nSPS) is 17.4. The van der Waals surface area contributed by atoms with Gasteiger partial charge in [0, 0.05) is 29.7 Å². The Kier molecular flexibility index (Phi) is 41.4. The second-order valence-corrected chi connectivity index (χ2v) is 35.0. The van der Waals surface area contributed by atoms with E-state index in [1.807, 2.05) is 48.5 Å². The van der Waals surface area contributed by atoms with Crippen LogP contribution < -0.4 is 28.4 Å². The molecule has 0 saturated heterocycles. The first-order valence-electron chi connectivity index (χ1n) is 47.0. The molecule has 3 saturated carbocycles. The van der Waals surface area contributed by atoms with Crippen LogP contribution in [0.2, 0.25) is 0 Å². The fraction of sp³-hybridized carbons (Fsp3) is 0.581. The average Bonchev–Trinajstić information content (AvgIpc) is 0.819. The third-order valence-corrected chi connectivity index (χ3v) is 25.6. The van der Waals surface area contributed by atoms with Crippen LogP contribution in [0.25, 0.3) is 33.4 Å². The summed E-state index contributed by atoms with van der Waals surface area (Å²) in [5, 5.41) is 0. The van der Waals surface area contributed by atoms with Crippen molar-refractivity contribution in [2.75, 3.05) is 46.2 Å². The quantitative estimate of drug-likeness (QED) is 0.0210. The third-order valence-electron chi connectivity index (χ3n) is 25.6. The molecular formula is C105H140F6O9. The van der Waals surface area contributed by atoms with Gasteiger partial charge in [-0.15, -0.1) is 0 Å². The number of benzene rings is 7. The largest absolute Gasteiger partial charge is 0.490 e. The van der Waals surface area contributed by atoms with Gasteiger partial charge < -0.3 is 33.2 Å². The summed E-state index contributed by atoms with van der Waals surface area (Å²) in [5.41, 5.74) is 7.18. The summed E-state index contributed by atoms with van der Waals surface area (Å²) in [5.74, 6) is -0.766. The lowest BCUT2D eigenvalue weighted by Crippen LogP contribution is -2.13. The van der Waals surface area contributed by atoms with E-state index >= 15 is 26.3 Å². The smallest absolute Gasteiger partial charge is 0.203 e. The fourth-order valence-electron chi connectivity index (χ4n) is 18.2. The number of ketones is 2. The Labute approximate surface area is 715 Å². The number of carbonyl (C=O) groups is 2. The van der Waals surface area contributed by atoms with Gasteiger partial charge in [-0.3, -0.25) is 9.59 Å². The number of unbranched alkanes of at least 4 members (excludes halogenated alkanes) is 19. The molecule has 0 aromatic heterocycles. The van der Waals surface area contributed by atoms with Crippen molar-refractivity contribution in [3.05, 3.63) is 178 Å². The first kappa shape index (κ1) is 94.5. The van der Waals surface area contributed by atoms with E-state index in [1.54, 1.807) is 18.2 Å². The van der Waals surface area contributed by atoms with Crippen molar-refractivity contribution >= 4 is 11.6 Å². The van der Waals surface area contributed by atoms with Crippen LogP contribution in [0, 0.1) is 52.7 Å². The van der Waals surface area contributed by atoms with Gasteiger partial charge in [-0.1, -0.05) is 190 Å². The zero-order valence-corrected chi connectivity index (χ0v) is 73.0. The Hall–Kier alpha value is -7.78. The monoisotopic (exact) mass is 1660 g/mol. The molecule has 0 aliphatic heterocycles. The van der Waals surface area contributed by atoms with Crippen molar-refractivity contribution in [2.45, 2.75) is 328 Å². The third kappa shape index (κ3) is 30.6. The number of halogens is 6.